The number of H-pyrrole nitrogens is 1. The summed E-state index contributed by atoms with van der Waals surface area (Å²) >= 11 is 0. The Morgan fingerprint density at radius 2 is 2.05 bits per heavy atom. The van der Waals surface area contributed by atoms with Crippen LogP contribution in [-0.4, -0.2) is 10.8 Å². The Kier molecular flexibility index (Phi) is 2.79. The number of nitrogens with two attached hydrogens (primary N) is 1. The Morgan fingerprint density at radius 3 is 2.80 bits per heavy atom. The van der Waals surface area contributed by atoms with Gasteiger partial charge < -0.3 is 10.7 Å². The number of anilines is 1. The number of aromatic amines is 1. The van der Waals surface area contributed by atoms with Crippen LogP contribution in [0.5, 0.6) is 0 Å². The van der Waals surface area contributed by atoms with Crippen molar-refractivity contribution in [3.8, 4) is 0 Å². The highest BCUT2D eigenvalue weighted by molar-refractivity contribution is 6.17. The summed E-state index contributed by atoms with van der Waals surface area (Å²) in [4.78, 5) is 15.6. The van der Waals surface area contributed by atoms with Crippen LogP contribution in [0, 0.1) is 12.7 Å². The molecule has 0 spiro atoms. The van der Waals surface area contributed by atoms with E-state index in [1.54, 1.807) is 6.20 Å². The number of nitrogen functional groups attached to an aromatic ring is 1. The fourth-order valence-electron chi connectivity index (χ4n) is 2.45. The molecule has 20 heavy (non-hydrogen) atoms. The van der Waals surface area contributed by atoms with Crippen LogP contribution < -0.4 is 5.73 Å². The van der Waals surface area contributed by atoms with Crippen LogP contribution in [0.1, 0.15) is 21.5 Å². The molecule has 0 amide bonds. The van der Waals surface area contributed by atoms with Gasteiger partial charge in [-0.05, 0) is 36.8 Å². The van der Waals surface area contributed by atoms with E-state index in [1.165, 1.54) is 18.2 Å². The minimum Gasteiger partial charge on any atom is -0.399 e. The summed E-state index contributed by atoms with van der Waals surface area (Å²) < 4.78 is 13.4. The first-order valence-corrected chi connectivity index (χ1v) is 6.24. The average Bonchev–Trinajstić information content (AvgIpc) is 2.82. The van der Waals surface area contributed by atoms with Gasteiger partial charge in [0.2, 0.25) is 0 Å². The summed E-state index contributed by atoms with van der Waals surface area (Å²) in [6.07, 6.45) is 1.65. The van der Waals surface area contributed by atoms with E-state index in [-0.39, 0.29) is 17.0 Å². The highest BCUT2D eigenvalue weighted by Crippen LogP contribution is 2.25. The van der Waals surface area contributed by atoms with Gasteiger partial charge in [-0.2, -0.15) is 0 Å². The van der Waals surface area contributed by atoms with Crippen LogP contribution in [0.4, 0.5) is 10.1 Å². The number of aromatic nitrogens is 1. The van der Waals surface area contributed by atoms with Crippen molar-refractivity contribution in [2.75, 3.05) is 5.73 Å². The number of carbonyl (C=O) groups is 1. The van der Waals surface area contributed by atoms with Gasteiger partial charge in [-0.15, -0.1) is 0 Å². The number of halogens is 1. The molecular formula is C16H13FN2O. The lowest BCUT2D eigenvalue weighted by molar-refractivity contribution is 0.104. The number of benzene rings is 2. The van der Waals surface area contributed by atoms with Crippen molar-refractivity contribution in [2.24, 2.45) is 0 Å². The number of hydrogen-bond acceptors (Lipinski definition) is 2. The molecule has 3 aromatic rings. The van der Waals surface area contributed by atoms with Gasteiger partial charge in [-0.25, -0.2) is 4.39 Å². The number of ketones is 1. The van der Waals surface area contributed by atoms with Crippen molar-refractivity contribution in [1.82, 2.24) is 4.98 Å². The minimum atomic E-state index is -0.509. The van der Waals surface area contributed by atoms with Crippen LogP contribution in [0.15, 0.2) is 42.6 Å². The predicted octanol–water partition coefficient (Wildman–Crippen LogP) is 3.43. The first-order chi connectivity index (χ1) is 9.56. The summed E-state index contributed by atoms with van der Waals surface area (Å²) in [5, 5.41) is 0.861. The number of hydrogen-bond donors (Lipinski definition) is 2. The maximum absolute atomic E-state index is 13.4. The number of carbonyl (C=O) groups excluding carboxylic acids is 1. The Morgan fingerprint density at radius 1 is 1.25 bits per heavy atom. The van der Waals surface area contributed by atoms with E-state index >= 15 is 0 Å². The van der Waals surface area contributed by atoms with E-state index < -0.39 is 5.82 Å². The smallest absolute Gasteiger partial charge is 0.195 e. The lowest BCUT2D eigenvalue weighted by atomic mass is 9.99. The molecule has 2 aromatic carbocycles. The third kappa shape index (κ3) is 1.95. The molecule has 0 unspecified atom stereocenters. The molecule has 0 atom stereocenters. The van der Waals surface area contributed by atoms with Crippen LogP contribution >= 0.6 is 0 Å². The number of rotatable bonds is 2. The zero-order chi connectivity index (χ0) is 14.3. The van der Waals surface area contributed by atoms with Crippen molar-refractivity contribution >= 4 is 22.4 Å². The summed E-state index contributed by atoms with van der Waals surface area (Å²) in [6, 6.07) is 9.64. The van der Waals surface area contributed by atoms with E-state index in [0.29, 0.717) is 5.56 Å². The number of nitrogens with one attached hydrogen (secondary N) is 1. The Bertz CT molecular complexity index is 800. The molecule has 0 fully saturated rings. The Hall–Kier alpha value is -2.62. The van der Waals surface area contributed by atoms with E-state index in [0.717, 1.165) is 16.5 Å². The van der Waals surface area contributed by atoms with Gasteiger partial charge in [0, 0.05) is 33.9 Å². The van der Waals surface area contributed by atoms with Crippen molar-refractivity contribution in [2.45, 2.75) is 6.92 Å². The first-order valence-electron chi connectivity index (χ1n) is 6.24. The van der Waals surface area contributed by atoms with Crippen molar-refractivity contribution < 1.29 is 9.18 Å². The van der Waals surface area contributed by atoms with Crippen LogP contribution in [0.3, 0.4) is 0 Å². The molecule has 4 heteroatoms. The van der Waals surface area contributed by atoms with E-state index in [2.05, 4.69) is 4.98 Å². The minimum absolute atomic E-state index is 0.239. The highest BCUT2D eigenvalue weighted by Gasteiger charge is 2.16. The van der Waals surface area contributed by atoms with Crippen molar-refractivity contribution in [3.05, 3.63) is 65.1 Å². The molecule has 3 N–H and O–H groups in total. The van der Waals surface area contributed by atoms with Crippen LogP contribution in [0.2, 0.25) is 0 Å². The average molecular weight is 268 g/mol. The molecule has 0 radical (unpaired) electrons. The highest BCUT2D eigenvalue weighted by atomic mass is 19.1. The van der Waals surface area contributed by atoms with Gasteiger partial charge >= 0.3 is 0 Å². The van der Waals surface area contributed by atoms with E-state index in [4.69, 9.17) is 5.73 Å². The van der Waals surface area contributed by atoms with Crippen LogP contribution in [0.25, 0.3) is 10.9 Å². The van der Waals surface area contributed by atoms with Crippen molar-refractivity contribution in [3.63, 3.8) is 0 Å². The maximum Gasteiger partial charge on any atom is 0.195 e. The van der Waals surface area contributed by atoms with Gasteiger partial charge in [-0.3, -0.25) is 4.79 Å². The molecule has 1 aromatic heterocycles. The summed E-state index contributed by atoms with van der Waals surface area (Å²) in [6.45, 7) is 1.94. The van der Waals surface area contributed by atoms with Gasteiger partial charge in [-0.1, -0.05) is 12.1 Å². The third-order valence-corrected chi connectivity index (χ3v) is 3.34. The topological polar surface area (TPSA) is 58.9 Å². The SMILES string of the molecule is Cc1cccc2[nH]cc(C(=O)c3cc(N)cc(F)c3)c12. The molecule has 0 aliphatic rings. The predicted molar refractivity (Wildman–Crippen MR) is 77.3 cm³/mol. The number of fused-ring (bicyclic) bond motifs is 1. The fourth-order valence-corrected chi connectivity index (χ4v) is 2.45. The molecule has 3 nitrogen and oxygen atoms in total. The normalized spacial score (nSPS) is 10.9. The molecule has 3 rings (SSSR count). The molecule has 100 valence electrons. The largest absolute Gasteiger partial charge is 0.399 e. The molecule has 0 saturated carbocycles. The summed E-state index contributed by atoms with van der Waals surface area (Å²) in [5.41, 5.74) is 8.50. The quantitative estimate of drug-likeness (QED) is 0.552. The molecule has 0 aliphatic carbocycles. The third-order valence-electron chi connectivity index (χ3n) is 3.34. The second-order valence-corrected chi connectivity index (χ2v) is 4.80. The van der Waals surface area contributed by atoms with Crippen molar-refractivity contribution in [1.29, 1.82) is 0 Å². The second-order valence-electron chi connectivity index (χ2n) is 4.80. The zero-order valence-electron chi connectivity index (χ0n) is 10.9. The summed E-state index contributed by atoms with van der Waals surface area (Å²) in [5.74, 6) is -0.748. The molecule has 1 heterocycles. The van der Waals surface area contributed by atoms with Gasteiger partial charge in [0.05, 0.1) is 0 Å². The standard InChI is InChI=1S/C16H13FN2O/c1-9-3-2-4-14-15(9)13(8-19-14)16(20)10-5-11(17)7-12(18)6-10/h2-8,19H,18H2,1H3. The monoisotopic (exact) mass is 268 g/mol. The molecule has 0 saturated heterocycles. The lowest BCUT2D eigenvalue weighted by Crippen LogP contribution is -2.03. The summed E-state index contributed by atoms with van der Waals surface area (Å²) in [7, 11) is 0. The Labute approximate surface area is 115 Å². The molecular weight excluding hydrogens is 255 g/mol. The fraction of sp³-hybridized carbons (Fsp3) is 0.0625. The molecule has 0 aliphatic heterocycles. The lowest BCUT2D eigenvalue weighted by Gasteiger charge is -2.03. The Balaban J connectivity index is 2.18. The van der Waals surface area contributed by atoms with Gasteiger partial charge in [0.15, 0.2) is 5.78 Å². The van der Waals surface area contributed by atoms with E-state index in [9.17, 15) is 9.18 Å². The van der Waals surface area contributed by atoms with Gasteiger partial charge in [0.25, 0.3) is 0 Å². The molecule has 0 bridgehead atoms. The van der Waals surface area contributed by atoms with Crippen LogP contribution in [-0.2, 0) is 0 Å². The second kappa shape index (κ2) is 4.49. The van der Waals surface area contributed by atoms with Gasteiger partial charge in [0.1, 0.15) is 5.82 Å². The van der Waals surface area contributed by atoms with E-state index in [1.807, 2.05) is 25.1 Å². The first kappa shape index (κ1) is 12.4. The maximum atomic E-state index is 13.4. The zero-order valence-corrected chi connectivity index (χ0v) is 10.9. The number of aryl methyl sites for hydroxylation is 1.